The monoisotopic (exact) mass is 306 g/mol. The van der Waals surface area contributed by atoms with E-state index in [0.717, 1.165) is 36.4 Å². The van der Waals surface area contributed by atoms with E-state index in [-0.39, 0.29) is 22.6 Å². The van der Waals surface area contributed by atoms with E-state index in [1.165, 1.54) is 0 Å². The van der Waals surface area contributed by atoms with Crippen molar-refractivity contribution in [1.82, 2.24) is 0 Å². The van der Waals surface area contributed by atoms with E-state index in [1.54, 1.807) is 0 Å². The molecule has 8 heteroatoms. The Morgan fingerprint density at radius 2 is 1.05 bits per heavy atom. The van der Waals surface area contributed by atoms with Gasteiger partial charge >= 0.3 is 11.9 Å². The molecule has 22 heavy (non-hydrogen) atoms. The first-order valence-electron chi connectivity index (χ1n) is 5.85. The summed E-state index contributed by atoms with van der Waals surface area (Å²) in [5, 5.41) is 37.1. The van der Waals surface area contributed by atoms with E-state index in [2.05, 4.69) is 9.78 Å². The third-order valence-electron chi connectivity index (χ3n) is 2.60. The molecule has 0 saturated carbocycles. The van der Waals surface area contributed by atoms with Gasteiger partial charge in [0.1, 0.15) is 34.1 Å². The molecule has 2 rings (SSSR count). The molecule has 2 aromatic carbocycles. The molecule has 4 N–H and O–H groups in total. The molecule has 0 amide bonds. The number of carbonyl (C=O) groups excluding carboxylic acids is 2. The molecule has 0 aromatic heterocycles. The number of phenolic OH excluding ortho intramolecular Hbond substituents is 4. The molecule has 0 aliphatic carbocycles. The van der Waals surface area contributed by atoms with Gasteiger partial charge in [-0.3, -0.25) is 0 Å². The molecule has 0 aliphatic rings. The fraction of sp³-hybridized carbons (Fsp3) is 0. The van der Waals surface area contributed by atoms with Crippen molar-refractivity contribution < 1.29 is 39.8 Å². The van der Waals surface area contributed by atoms with Crippen LogP contribution in [0.1, 0.15) is 20.7 Å². The Balaban J connectivity index is 2.06. The molecule has 8 nitrogen and oxygen atoms in total. The Kier molecular flexibility index (Phi) is 4.03. The van der Waals surface area contributed by atoms with Crippen LogP contribution in [-0.2, 0) is 9.78 Å². The van der Waals surface area contributed by atoms with E-state index in [4.69, 9.17) is 10.2 Å². The number of rotatable bonds is 2. The summed E-state index contributed by atoms with van der Waals surface area (Å²) in [6.45, 7) is 0. The van der Waals surface area contributed by atoms with Gasteiger partial charge < -0.3 is 20.4 Å². The molecular weight excluding hydrogens is 296 g/mol. The lowest BCUT2D eigenvalue weighted by Gasteiger charge is -2.06. The number of aromatic hydroxyl groups is 4. The van der Waals surface area contributed by atoms with Crippen LogP contribution in [0, 0.1) is 0 Å². The van der Waals surface area contributed by atoms with Crippen LogP contribution in [0.25, 0.3) is 0 Å². The minimum Gasteiger partial charge on any atom is -0.508 e. The van der Waals surface area contributed by atoms with Crippen molar-refractivity contribution in [1.29, 1.82) is 0 Å². The molecule has 0 bridgehead atoms. The highest BCUT2D eigenvalue weighted by Gasteiger charge is 2.19. The normalized spacial score (nSPS) is 10.0. The van der Waals surface area contributed by atoms with Crippen molar-refractivity contribution >= 4 is 11.9 Å². The molecule has 0 atom stereocenters. The van der Waals surface area contributed by atoms with E-state index in [1.807, 2.05) is 0 Å². The number of phenols is 4. The van der Waals surface area contributed by atoms with Gasteiger partial charge in [-0.2, -0.15) is 0 Å². The number of hydrogen-bond donors (Lipinski definition) is 4. The summed E-state index contributed by atoms with van der Waals surface area (Å²) in [6.07, 6.45) is 0. The van der Waals surface area contributed by atoms with Crippen molar-refractivity contribution in [2.45, 2.75) is 0 Å². The Morgan fingerprint density at radius 1 is 0.682 bits per heavy atom. The fourth-order valence-electron chi connectivity index (χ4n) is 1.55. The third-order valence-corrected chi connectivity index (χ3v) is 2.60. The minimum atomic E-state index is -1.18. The molecule has 0 unspecified atom stereocenters. The van der Waals surface area contributed by atoms with Gasteiger partial charge in [-0.1, -0.05) is 0 Å². The quantitative estimate of drug-likeness (QED) is 0.483. The maximum absolute atomic E-state index is 11.6. The van der Waals surface area contributed by atoms with Gasteiger partial charge in [0, 0.05) is 12.1 Å². The molecule has 0 spiro atoms. The summed E-state index contributed by atoms with van der Waals surface area (Å²) in [5.74, 6) is -4.00. The zero-order chi connectivity index (χ0) is 16.3. The molecule has 2 aromatic rings. The zero-order valence-electron chi connectivity index (χ0n) is 10.9. The predicted octanol–water partition coefficient (Wildman–Crippen LogP) is 1.44. The number of hydrogen-bond acceptors (Lipinski definition) is 8. The van der Waals surface area contributed by atoms with E-state index in [0.29, 0.717) is 0 Å². The number of carbonyl (C=O) groups is 2. The highest BCUT2D eigenvalue weighted by Crippen LogP contribution is 2.25. The first-order valence-corrected chi connectivity index (χ1v) is 5.85. The Labute approximate surface area is 123 Å². The molecule has 0 fully saturated rings. The van der Waals surface area contributed by atoms with Crippen molar-refractivity contribution in [2.24, 2.45) is 0 Å². The second-order valence-corrected chi connectivity index (χ2v) is 4.14. The highest BCUT2D eigenvalue weighted by molar-refractivity contribution is 5.95. The first kappa shape index (κ1) is 15.0. The van der Waals surface area contributed by atoms with E-state index >= 15 is 0 Å². The van der Waals surface area contributed by atoms with Crippen molar-refractivity contribution in [2.75, 3.05) is 0 Å². The average molecular weight is 306 g/mol. The van der Waals surface area contributed by atoms with Crippen LogP contribution in [-0.4, -0.2) is 32.4 Å². The molecule has 0 aliphatic heterocycles. The van der Waals surface area contributed by atoms with Gasteiger partial charge in [-0.15, -0.1) is 0 Å². The van der Waals surface area contributed by atoms with Gasteiger partial charge in [0.25, 0.3) is 0 Å². The Morgan fingerprint density at radius 3 is 1.36 bits per heavy atom. The summed E-state index contributed by atoms with van der Waals surface area (Å²) in [6, 6.07) is 6.21. The van der Waals surface area contributed by atoms with Crippen LogP contribution in [0.4, 0.5) is 0 Å². The summed E-state index contributed by atoms with van der Waals surface area (Å²) in [5.41, 5.74) is -0.666. The Hall–Kier alpha value is -3.42. The van der Waals surface area contributed by atoms with Crippen LogP contribution in [0.3, 0.4) is 0 Å². The van der Waals surface area contributed by atoms with Gasteiger partial charge in [-0.05, 0) is 24.3 Å². The maximum atomic E-state index is 11.6. The predicted molar refractivity (Wildman–Crippen MR) is 70.4 cm³/mol. The lowest BCUT2D eigenvalue weighted by Crippen LogP contribution is -2.12. The zero-order valence-corrected chi connectivity index (χ0v) is 10.9. The molecule has 114 valence electrons. The van der Waals surface area contributed by atoms with Crippen LogP contribution in [0.15, 0.2) is 36.4 Å². The van der Waals surface area contributed by atoms with Crippen molar-refractivity contribution in [3.05, 3.63) is 47.5 Å². The first-order chi connectivity index (χ1) is 10.4. The van der Waals surface area contributed by atoms with Gasteiger partial charge in [0.15, 0.2) is 0 Å². The lowest BCUT2D eigenvalue weighted by molar-refractivity contribution is -0.187. The fourth-order valence-corrected chi connectivity index (χ4v) is 1.55. The van der Waals surface area contributed by atoms with E-state index < -0.39 is 23.4 Å². The highest BCUT2D eigenvalue weighted by atomic mass is 17.2. The minimum absolute atomic E-state index is 0.264. The molecular formula is C14H10O8. The summed E-state index contributed by atoms with van der Waals surface area (Å²) >= 11 is 0. The lowest BCUT2D eigenvalue weighted by atomic mass is 10.2. The maximum Gasteiger partial charge on any atom is 0.390 e. The SMILES string of the molecule is O=C(OOC(=O)c1ccc(O)cc1O)c1ccc(O)cc1O. The number of benzene rings is 2. The second kappa shape index (κ2) is 5.92. The third kappa shape index (κ3) is 3.18. The van der Waals surface area contributed by atoms with Gasteiger partial charge in [-0.25, -0.2) is 19.4 Å². The van der Waals surface area contributed by atoms with Crippen molar-refractivity contribution in [3.63, 3.8) is 0 Å². The van der Waals surface area contributed by atoms with Crippen LogP contribution in [0.2, 0.25) is 0 Å². The molecule has 0 radical (unpaired) electrons. The van der Waals surface area contributed by atoms with Gasteiger partial charge in [0.2, 0.25) is 0 Å². The standard InChI is InChI=1S/C14H10O8/c15-7-1-3-9(11(17)5-7)13(19)21-22-14(20)10-4-2-8(16)6-12(10)18/h1-6,15-18H. The average Bonchev–Trinajstić information content (AvgIpc) is 2.44. The van der Waals surface area contributed by atoms with Crippen LogP contribution in [0.5, 0.6) is 23.0 Å². The Bertz CT molecular complexity index is 674. The largest absolute Gasteiger partial charge is 0.508 e. The van der Waals surface area contributed by atoms with Crippen LogP contribution < -0.4 is 0 Å². The summed E-state index contributed by atoms with van der Waals surface area (Å²) < 4.78 is 0. The topological polar surface area (TPSA) is 134 Å². The van der Waals surface area contributed by atoms with Gasteiger partial charge in [0.05, 0.1) is 0 Å². The smallest absolute Gasteiger partial charge is 0.390 e. The summed E-state index contributed by atoms with van der Waals surface area (Å²) in [7, 11) is 0. The summed E-state index contributed by atoms with van der Waals surface area (Å²) in [4.78, 5) is 31.7. The van der Waals surface area contributed by atoms with Crippen LogP contribution >= 0.6 is 0 Å². The molecule has 0 heterocycles. The van der Waals surface area contributed by atoms with Crippen molar-refractivity contribution in [3.8, 4) is 23.0 Å². The van der Waals surface area contributed by atoms with E-state index in [9.17, 15) is 19.8 Å². The molecule has 0 saturated heterocycles. The second-order valence-electron chi connectivity index (χ2n) is 4.14.